The van der Waals surface area contributed by atoms with Crippen LogP contribution in [0.2, 0.25) is 0 Å². The van der Waals surface area contributed by atoms with Crippen molar-refractivity contribution in [3.8, 4) is 0 Å². The van der Waals surface area contributed by atoms with E-state index >= 15 is 0 Å². The summed E-state index contributed by atoms with van der Waals surface area (Å²) in [5, 5.41) is 4.62. The van der Waals surface area contributed by atoms with Gasteiger partial charge in [0.05, 0.1) is 12.8 Å². The number of rotatable bonds is 6. The van der Waals surface area contributed by atoms with Crippen LogP contribution in [0.3, 0.4) is 0 Å². The predicted molar refractivity (Wildman–Crippen MR) is 104 cm³/mol. The lowest BCUT2D eigenvalue weighted by Crippen LogP contribution is -2.36. The molecule has 0 saturated heterocycles. The third kappa shape index (κ3) is 4.90. The summed E-state index contributed by atoms with van der Waals surface area (Å²) >= 11 is 0. The van der Waals surface area contributed by atoms with Gasteiger partial charge in [0.25, 0.3) is 0 Å². The number of anilines is 1. The highest BCUT2D eigenvalue weighted by Crippen LogP contribution is 2.23. The largest absolute Gasteiger partial charge is 0.324 e. The van der Waals surface area contributed by atoms with E-state index in [0.717, 1.165) is 21.3 Å². The lowest BCUT2D eigenvalue weighted by Gasteiger charge is -2.20. The Bertz CT molecular complexity index is 1060. The number of nitrogens with zero attached hydrogens (tertiary/aromatic N) is 1. The number of sulfonamides is 1. The van der Waals surface area contributed by atoms with Crippen LogP contribution >= 0.6 is 0 Å². The molecule has 0 fully saturated rings. The smallest absolute Gasteiger partial charge is 0.239 e. The van der Waals surface area contributed by atoms with Crippen molar-refractivity contribution in [2.75, 3.05) is 18.1 Å². The van der Waals surface area contributed by atoms with Crippen molar-refractivity contribution in [1.29, 1.82) is 0 Å². The van der Waals surface area contributed by atoms with Crippen molar-refractivity contribution in [2.24, 2.45) is 0 Å². The highest BCUT2D eigenvalue weighted by atomic mass is 32.2. The molecule has 0 spiro atoms. The molecular formula is C20H19FN2O3S. The molecular weight excluding hydrogens is 367 g/mol. The first-order chi connectivity index (χ1) is 12.8. The van der Waals surface area contributed by atoms with Gasteiger partial charge >= 0.3 is 0 Å². The number of amides is 1. The van der Waals surface area contributed by atoms with E-state index in [1.807, 2.05) is 36.4 Å². The monoisotopic (exact) mass is 386 g/mol. The summed E-state index contributed by atoms with van der Waals surface area (Å²) in [4.78, 5) is 12.5. The van der Waals surface area contributed by atoms with Gasteiger partial charge in [0.15, 0.2) is 0 Å². The van der Waals surface area contributed by atoms with E-state index in [1.165, 1.54) is 24.3 Å². The van der Waals surface area contributed by atoms with E-state index in [2.05, 4.69) is 5.32 Å². The van der Waals surface area contributed by atoms with Gasteiger partial charge in [0.1, 0.15) is 5.82 Å². The minimum atomic E-state index is -3.62. The van der Waals surface area contributed by atoms with Gasteiger partial charge < -0.3 is 5.32 Å². The van der Waals surface area contributed by atoms with Crippen molar-refractivity contribution in [3.63, 3.8) is 0 Å². The maximum atomic E-state index is 13.0. The first kappa shape index (κ1) is 19.0. The van der Waals surface area contributed by atoms with E-state index in [-0.39, 0.29) is 13.1 Å². The number of halogens is 1. The summed E-state index contributed by atoms with van der Waals surface area (Å²) in [5.41, 5.74) is 1.22. The second kappa shape index (κ2) is 7.85. The van der Waals surface area contributed by atoms with Crippen molar-refractivity contribution < 1.29 is 17.6 Å². The van der Waals surface area contributed by atoms with Crippen molar-refractivity contribution >= 4 is 32.4 Å². The molecule has 3 aromatic carbocycles. The molecule has 0 aliphatic carbocycles. The molecule has 0 unspecified atom stereocenters. The van der Waals surface area contributed by atoms with Gasteiger partial charge in [-0.2, -0.15) is 4.31 Å². The molecule has 0 aliphatic rings. The Labute approximate surface area is 157 Å². The topological polar surface area (TPSA) is 66.5 Å². The van der Waals surface area contributed by atoms with Crippen LogP contribution in [-0.4, -0.2) is 31.4 Å². The SMILES string of the molecule is CS(=O)(=O)N(CC(=O)Nc1cccc2ccccc12)Cc1ccc(F)cc1. The first-order valence-corrected chi connectivity index (χ1v) is 10.1. The second-order valence-corrected chi connectivity index (χ2v) is 8.21. The summed E-state index contributed by atoms with van der Waals surface area (Å²) in [6, 6.07) is 18.6. The molecule has 140 valence electrons. The van der Waals surface area contributed by atoms with Crippen LogP contribution in [-0.2, 0) is 21.4 Å². The fraction of sp³-hybridized carbons (Fsp3) is 0.150. The maximum absolute atomic E-state index is 13.0. The Morgan fingerprint density at radius 2 is 1.67 bits per heavy atom. The van der Waals surface area contributed by atoms with E-state index < -0.39 is 21.7 Å². The highest BCUT2D eigenvalue weighted by Gasteiger charge is 2.21. The molecule has 7 heteroatoms. The lowest BCUT2D eigenvalue weighted by molar-refractivity contribution is -0.116. The van der Waals surface area contributed by atoms with Crippen molar-refractivity contribution in [2.45, 2.75) is 6.54 Å². The van der Waals surface area contributed by atoms with Gasteiger partial charge in [-0.3, -0.25) is 4.79 Å². The van der Waals surface area contributed by atoms with Gasteiger partial charge in [0, 0.05) is 17.6 Å². The number of carbonyl (C=O) groups is 1. The molecule has 0 heterocycles. The van der Waals surface area contributed by atoms with Gasteiger partial charge in [-0.05, 0) is 29.1 Å². The minimum absolute atomic E-state index is 0.0118. The molecule has 5 nitrogen and oxygen atoms in total. The van der Waals surface area contributed by atoms with Crippen LogP contribution in [0, 0.1) is 5.82 Å². The molecule has 1 N–H and O–H groups in total. The minimum Gasteiger partial charge on any atom is -0.324 e. The van der Waals surface area contributed by atoms with Crippen molar-refractivity contribution in [3.05, 3.63) is 78.1 Å². The highest BCUT2D eigenvalue weighted by molar-refractivity contribution is 7.88. The van der Waals surface area contributed by atoms with Crippen LogP contribution in [0.5, 0.6) is 0 Å². The maximum Gasteiger partial charge on any atom is 0.239 e. The fourth-order valence-electron chi connectivity index (χ4n) is 2.77. The van der Waals surface area contributed by atoms with Crippen molar-refractivity contribution in [1.82, 2.24) is 4.31 Å². The van der Waals surface area contributed by atoms with Crippen LogP contribution in [0.25, 0.3) is 10.8 Å². The third-order valence-electron chi connectivity index (χ3n) is 4.12. The average Bonchev–Trinajstić information content (AvgIpc) is 2.62. The second-order valence-electron chi connectivity index (χ2n) is 6.23. The van der Waals surface area contributed by atoms with Crippen LogP contribution < -0.4 is 5.32 Å². The molecule has 0 saturated carbocycles. The zero-order valence-electron chi connectivity index (χ0n) is 14.7. The van der Waals surface area contributed by atoms with Gasteiger partial charge in [-0.15, -0.1) is 0 Å². The molecule has 1 amide bonds. The summed E-state index contributed by atoms with van der Waals surface area (Å²) in [6.07, 6.45) is 1.04. The summed E-state index contributed by atoms with van der Waals surface area (Å²) < 4.78 is 38.2. The summed E-state index contributed by atoms with van der Waals surface area (Å²) in [5.74, 6) is -0.850. The molecule has 3 aromatic rings. The molecule has 0 atom stereocenters. The molecule has 0 aliphatic heterocycles. The van der Waals surface area contributed by atoms with Gasteiger partial charge in [0.2, 0.25) is 15.9 Å². The lowest BCUT2D eigenvalue weighted by atomic mass is 10.1. The Balaban J connectivity index is 1.77. The summed E-state index contributed by atoms with van der Waals surface area (Å²) in [7, 11) is -3.62. The van der Waals surface area contributed by atoms with E-state index in [4.69, 9.17) is 0 Å². The first-order valence-electron chi connectivity index (χ1n) is 8.30. The van der Waals surface area contributed by atoms with Crippen LogP contribution in [0.1, 0.15) is 5.56 Å². The molecule has 27 heavy (non-hydrogen) atoms. The Kier molecular flexibility index (Phi) is 5.53. The normalized spacial score (nSPS) is 11.7. The quantitative estimate of drug-likeness (QED) is 0.706. The number of fused-ring (bicyclic) bond motifs is 1. The standard InChI is InChI=1S/C20H19FN2O3S/c1-27(25,26)23(13-15-9-11-17(21)12-10-15)14-20(24)22-19-8-4-6-16-5-2-3-7-18(16)19/h2-12H,13-14H2,1H3,(H,22,24). The Hall–Kier alpha value is -2.77. The van der Waals surface area contributed by atoms with E-state index in [0.29, 0.717) is 11.3 Å². The van der Waals surface area contributed by atoms with Gasteiger partial charge in [-0.1, -0.05) is 48.5 Å². The number of carbonyl (C=O) groups excluding carboxylic acids is 1. The molecule has 0 aromatic heterocycles. The predicted octanol–water partition coefficient (Wildman–Crippen LogP) is 3.38. The zero-order chi connectivity index (χ0) is 19.4. The van der Waals surface area contributed by atoms with Crippen LogP contribution in [0.15, 0.2) is 66.7 Å². The number of hydrogen-bond acceptors (Lipinski definition) is 3. The van der Waals surface area contributed by atoms with Gasteiger partial charge in [-0.25, -0.2) is 12.8 Å². The zero-order valence-corrected chi connectivity index (χ0v) is 15.5. The Morgan fingerprint density at radius 1 is 1.00 bits per heavy atom. The van der Waals surface area contributed by atoms with E-state index in [1.54, 1.807) is 6.07 Å². The summed E-state index contributed by atoms with van der Waals surface area (Å²) in [6.45, 7) is -0.346. The molecule has 3 rings (SSSR count). The third-order valence-corrected chi connectivity index (χ3v) is 5.32. The van der Waals surface area contributed by atoms with Crippen LogP contribution in [0.4, 0.5) is 10.1 Å². The van der Waals surface area contributed by atoms with E-state index in [9.17, 15) is 17.6 Å². The number of nitrogens with one attached hydrogen (secondary N) is 1. The Morgan fingerprint density at radius 3 is 2.37 bits per heavy atom. The number of benzene rings is 3. The number of hydrogen-bond donors (Lipinski definition) is 1. The molecule has 0 radical (unpaired) electrons. The fourth-order valence-corrected chi connectivity index (χ4v) is 3.50. The molecule has 0 bridgehead atoms. The average molecular weight is 386 g/mol.